The zero-order chi connectivity index (χ0) is 12.3. The molecule has 5 heteroatoms. The largest absolute Gasteiger partial charge is 0.495 e. The zero-order valence-electron chi connectivity index (χ0n) is 10.4. The van der Waals surface area contributed by atoms with Crippen molar-refractivity contribution in [2.45, 2.75) is 18.9 Å². The molecule has 2 rings (SSSR count). The van der Waals surface area contributed by atoms with Gasteiger partial charge in [0, 0.05) is 19.3 Å². The Hall–Kier alpha value is -0.480. The summed E-state index contributed by atoms with van der Waals surface area (Å²) in [6.45, 7) is 1.62. The molecule has 1 aromatic rings. The van der Waals surface area contributed by atoms with Crippen molar-refractivity contribution in [3.05, 3.63) is 28.8 Å². The molecule has 0 spiro atoms. The molecular weight excluding hydrogens is 273 g/mol. The minimum atomic E-state index is 0. The van der Waals surface area contributed by atoms with E-state index in [0.717, 1.165) is 31.6 Å². The number of benzene rings is 1. The molecule has 3 nitrogen and oxygen atoms in total. The first-order valence-electron chi connectivity index (χ1n) is 5.89. The molecule has 0 aromatic heterocycles. The molecular formula is C13H19Cl2NO2. The highest BCUT2D eigenvalue weighted by atomic mass is 35.5. The van der Waals surface area contributed by atoms with Crippen LogP contribution in [0.15, 0.2) is 18.2 Å². The summed E-state index contributed by atoms with van der Waals surface area (Å²) in [6, 6.07) is 5.78. The summed E-state index contributed by atoms with van der Waals surface area (Å²) in [5, 5.41) is 0.621. The molecule has 1 atom stereocenters. The quantitative estimate of drug-likeness (QED) is 0.930. The van der Waals surface area contributed by atoms with E-state index in [0.29, 0.717) is 16.7 Å². The van der Waals surface area contributed by atoms with Crippen LogP contribution in [0.4, 0.5) is 0 Å². The van der Waals surface area contributed by atoms with Crippen LogP contribution in [0.25, 0.3) is 0 Å². The number of rotatable bonds is 3. The molecule has 1 saturated heterocycles. The molecule has 0 amide bonds. The van der Waals surface area contributed by atoms with E-state index < -0.39 is 0 Å². The van der Waals surface area contributed by atoms with Crippen molar-refractivity contribution in [2.75, 3.05) is 20.3 Å². The number of hydrogen-bond donors (Lipinski definition) is 1. The van der Waals surface area contributed by atoms with Gasteiger partial charge in [-0.2, -0.15) is 0 Å². The van der Waals surface area contributed by atoms with Gasteiger partial charge < -0.3 is 15.2 Å². The highest BCUT2D eigenvalue weighted by Crippen LogP contribution is 2.32. The molecule has 2 N–H and O–H groups in total. The van der Waals surface area contributed by atoms with Crippen LogP contribution in [-0.4, -0.2) is 20.3 Å². The summed E-state index contributed by atoms with van der Waals surface area (Å²) in [4.78, 5) is 0. The van der Waals surface area contributed by atoms with Gasteiger partial charge in [-0.25, -0.2) is 0 Å². The highest BCUT2D eigenvalue weighted by molar-refractivity contribution is 6.32. The Kier molecular flexibility index (Phi) is 6.22. The highest BCUT2D eigenvalue weighted by Gasteiger charge is 2.22. The maximum Gasteiger partial charge on any atom is 0.137 e. The third kappa shape index (κ3) is 3.51. The van der Waals surface area contributed by atoms with Gasteiger partial charge in [0.05, 0.1) is 12.1 Å². The number of nitrogens with two attached hydrogens (primary N) is 1. The maximum absolute atomic E-state index is 6.29. The van der Waals surface area contributed by atoms with Gasteiger partial charge in [0.15, 0.2) is 0 Å². The second kappa shape index (κ2) is 7.19. The maximum atomic E-state index is 6.29. The first kappa shape index (κ1) is 15.6. The summed E-state index contributed by atoms with van der Waals surface area (Å²) >= 11 is 6.00. The van der Waals surface area contributed by atoms with Gasteiger partial charge in [-0.3, -0.25) is 0 Å². The monoisotopic (exact) mass is 291 g/mol. The van der Waals surface area contributed by atoms with Gasteiger partial charge >= 0.3 is 0 Å². The molecule has 1 fully saturated rings. The molecule has 18 heavy (non-hydrogen) atoms. The van der Waals surface area contributed by atoms with E-state index >= 15 is 0 Å². The standard InChI is InChI=1S/C13H18ClNO2.ClH/c1-16-12-8-10(2-3-11(12)14)13(15)9-4-6-17-7-5-9;/h2-3,8-9,13H,4-7,15H2,1H3;1H/t13-;/m0./s1. The van der Waals surface area contributed by atoms with Crippen molar-refractivity contribution in [2.24, 2.45) is 11.7 Å². The van der Waals surface area contributed by atoms with E-state index in [1.54, 1.807) is 7.11 Å². The molecule has 0 unspecified atom stereocenters. The average Bonchev–Trinajstić information content (AvgIpc) is 2.39. The summed E-state index contributed by atoms with van der Waals surface area (Å²) in [5.74, 6) is 1.17. The van der Waals surface area contributed by atoms with Crippen LogP contribution < -0.4 is 10.5 Å². The molecule has 1 aliphatic rings. The summed E-state index contributed by atoms with van der Waals surface area (Å²) < 4.78 is 10.6. The van der Waals surface area contributed by atoms with Crippen molar-refractivity contribution in [1.82, 2.24) is 0 Å². The Bertz CT molecular complexity index is 381. The SMILES string of the molecule is COc1cc([C@@H](N)C2CCOCC2)ccc1Cl.Cl. The molecule has 102 valence electrons. The van der Waals surface area contributed by atoms with Crippen molar-refractivity contribution in [3.63, 3.8) is 0 Å². The van der Waals surface area contributed by atoms with Crippen molar-refractivity contribution < 1.29 is 9.47 Å². The van der Waals surface area contributed by atoms with Crippen LogP contribution in [0, 0.1) is 5.92 Å². The molecule has 1 aliphatic heterocycles. The van der Waals surface area contributed by atoms with Gasteiger partial charge in [0.25, 0.3) is 0 Å². The Morgan fingerprint density at radius 3 is 2.67 bits per heavy atom. The minimum absolute atomic E-state index is 0. The van der Waals surface area contributed by atoms with Gasteiger partial charge in [0.1, 0.15) is 5.75 Å². The number of methoxy groups -OCH3 is 1. The van der Waals surface area contributed by atoms with Gasteiger partial charge in [-0.1, -0.05) is 17.7 Å². The summed E-state index contributed by atoms with van der Waals surface area (Å²) in [5.41, 5.74) is 7.37. The van der Waals surface area contributed by atoms with Gasteiger partial charge in [0.2, 0.25) is 0 Å². The second-order valence-electron chi connectivity index (χ2n) is 4.37. The lowest BCUT2D eigenvalue weighted by atomic mass is 9.88. The third-order valence-corrected chi connectivity index (χ3v) is 3.65. The summed E-state index contributed by atoms with van der Waals surface area (Å²) in [6.07, 6.45) is 2.04. The first-order chi connectivity index (χ1) is 8.22. The van der Waals surface area contributed by atoms with E-state index in [1.165, 1.54) is 0 Å². The smallest absolute Gasteiger partial charge is 0.137 e. The molecule has 0 radical (unpaired) electrons. The fraction of sp³-hybridized carbons (Fsp3) is 0.538. The topological polar surface area (TPSA) is 44.5 Å². The van der Waals surface area contributed by atoms with Crippen LogP contribution in [0.3, 0.4) is 0 Å². The predicted octanol–water partition coefficient (Wildman–Crippen LogP) is 3.20. The van der Waals surface area contributed by atoms with E-state index in [4.69, 9.17) is 26.8 Å². The van der Waals surface area contributed by atoms with E-state index in [-0.39, 0.29) is 18.4 Å². The van der Waals surface area contributed by atoms with Crippen molar-refractivity contribution >= 4 is 24.0 Å². The van der Waals surface area contributed by atoms with Gasteiger partial charge in [-0.15, -0.1) is 12.4 Å². The van der Waals surface area contributed by atoms with Crippen molar-refractivity contribution in [3.8, 4) is 5.75 Å². The lowest BCUT2D eigenvalue weighted by Gasteiger charge is -2.28. The van der Waals surface area contributed by atoms with E-state index in [2.05, 4.69) is 0 Å². The first-order valence-corrected chi connectivity index (χ1v) is 6.27. The van der Waals surface area contributed by atoms with Crippen LogP contribution in [0.5, 0.6) is 5.75 Å². The van der Waals surface area contributed by atoms with Crippen LogP contribution in [0.1, 0.15) is 24.4 Å². The predicted molar refractivity (Wildman–Crippen MR) is 75.7 cm³/mol. The van der Waals surface area contributed by atoms with Crippen LogP contribution in [-0.2, 0) is 4.74 Å². The normalized spacial score (nSPS) is 17.9. The van der Waals surface area contributed by atoms with Crippen LogP contribution >= 0.6 is 24.0 Å². The van der Waals surface area contributed by atoms with Gasteiger partial charge in [-0.05, 0) is 36.5 Å². The number of ether oxygens (including phenoxy) is 2. The Morgan fingerprint density at radius 2 is 2.06 bits per heavy atom. The molecule has 0 bridgehead atoms. The lowest BCUT2D eigenvalue weighted by molar-refractivity contribution is 0.0583. The molecule has 0 saturated carbocycles. The van der Waals surface area contributed by atoms with E-state index in [1.807, 2.05) is 18.2 Å². The Balaban J connectivity index is 0.00000162. The average molecular weight is 292 g/mol. The summed E-state index contributed by atoms with van der Waals surface area (Å²) in [7, 11) is 1.62. The van der Waals surface area contributed by atoms with E-state index in [9.17, 15) is 0 Å². The lowest BCUT2D eigenvalue weighted by Crippen LogP contribution is -2.27. The van der Waals surface area contributed by atoms with Crippen LogP contribution in [0.2, 0.25) is 5.02 Å². The molecule has 1 heterocycles. The Labute approximate surface area is 119 Å². The van der Waals surface area contributed by atoms with Crippen molar-refractivity contribution in [1.29, 1.82) is 0 Å². The third-order valence-electron chi connectivity index (χ3n) is 3.33. The number of halogens is 2. The minimum Gasteiger partial charge on any atom is -0.495 e. The Morgan fingerprint density at radius 1 is 1.39 bits per heavy atom. The number of hydrogen-bond acceptors (Lipinski definition) is 3. The molecule has 0 aliphatic carbocycles. The fourth-order valence-electron chi connectivity index (χ4n) is 2.23. The zero-order valence-corrected chi connectivity index (χ0v) is 12.0. The fourth-order valence-corrected chi connectivity index (χ4v) is 2.43. The molecule has 1 aromatic carbocycles. The second-order valence-corrected chi connectivity index (χ2v) is 4.78.